The lowest BCUT2D eigenvalue weighted by Gasteiger charge is -2.28. The number of fused-ring (bicyclic) bond motifs is 5. The SMILES string of the molecule is CSCC[C@H](C(=O)O)N1C(=O)[C@@H]2[C@H]3C[C@H]([C@@H](Br)[C@@H]3Br)[C@@H]2C1=O. The molecule has 5 nitrogen and oxygen atoms in total. The van der Waals surface area contributed by atoms with Gasteiger partial charge in [0.2, 0.25) is 11.8 Å². The Morgan fingerprint density at radius 3 is 2.18 bits per heavy atom. The van der Waals surface area contributed by atoms with E-state index in [-0.39, 0.29) is 45.1 Å². The maximum absolute atomic E-state index is 12.7. The van der Waals surface area contributed by atoms with Crippen LogP contribution in [0.25, 0.3) is 0 Å². The van der Waals surface area contributed by atoms with Crippen molar-refractivity contribution in [2.24, 2.45) is 23.7 Å². The van der Waals surface area contributed by atoms with Crippen LogP contribution in [-0.4, -0.2) is 55.5 Å². The molecule has 8 heteroatoms. The molecular formula is C14H17Br2NO4S. The van der Waals surface area contributed by atoms with E-state index in [0.29, 0.717) is 12.2 Å². The van der Waals surface area contributed by atoms with Gasteiger partial charge in [-0.2, -0.15) is 11.8 Å². The Morgan fingerprint density at radius 2 is 1.77 bits per heavy atom. The van der Waals surface area contributed by atoms with Gasteiger partial charge in [0.15, 0.2) is 0 Å². The van der Waals surface area contributed by atoms with Crippen LogP contribution in [0.1, 0.15) is 12.8 Å². The summed E-state index contributed by atoms with van der Waals surface area (Å²) in [5.74, 6) is -1.47. The number of alkyl halides is 2. The van der Waals surface area contributed by atoms with Crippen LogP contribution in [0, 0.1) is 23.7 Å². The van der Waals surface area contributed by atoms with Gasteiger partial charge in [-0.3, -0.25) is 14.5 Å². The molecule has 2 aliphatic carbocycles. The van der Waals surface area contributed by atoms with Crippen molar-refractivity contribution < 1.29 is 19.5 Å². The van der Waals surface area contributed by atoms with Crippen molar-refractivity contribution >= 4 is 61.4 Å². The van der Waals surface area contributed by atoms with Gasteiger partial charge in [-0.05, 0) is 36.7 Å². The van der Waals surface area contributed by atoms with E-state index in [4.69, 9.17) is 0 Å². The lowest BCUT2D eigenvalue weighted by atomic mass is 9.81. The van der Waals surface area contributed by atoms with Crippen LogP contribution in [0.2, 0.25) is 0 Å². The fourth-order valence-electron chi connectivity index (χ4n) is 4.27. The van der Waals surface area contributed by atoms with Crippen molar-refractivity contribution in [1.29, 1.82) is 0 Å². The number of rotatable bonds is 5. The zero-order chi connectivity index (χ0) is 16.2. The van der Waals surface area contributed by atoms with Crippen LogP contribution in [0.5, 0.6) is 0 Å². The molecule has 3 fully saturated rings. The summed E-state index contributed by atoms with van der Waals surface area (Å²) >= 11 is 8.76. The highest BCUT2D eigenvalue weighted by Gasteiger charge is 2.67. The van der Waals surface area contributed by atoms with Crippen LogP contribution in [0.4, 0.5) is 0 Å². The number of hydrogen-bond acceptors (Lipinski definition) is 4. The van der Waals surface area contributed by atoms with Crippen LogP contribution in [0.3, 0.4) is 0 Å². The van der Waals surface area contributed by atoms with Crippen LogP contribution in [0.15, 0.2) is 0 Å². The second kappa shape index (κ2) is 6.09. The molecule has 0 radical (unpaired) electrons. The molecule has 0 unspecified atom stereocenters. The van der Waals surface area contributed by atoms with E-state index in [1.165, 1.54) is 11.8 Å². The number of carboxylic acids is 1. The molecule has 22 heavy (non-hydrogen) atoms. The smallest absolute Gasteiger partial charge is 0.326 e. The molecule has 0 aromatic rings. The van der Waals surface area contributed by atoms with Gasteiger partial charge < -0.3 is 5.11 Å². The normalized spacial score (nSPS) is 41.1. The molecule has 2 bridgehead atoms. The topological polar surface area (TPSA) is 74.7 Å². The number of carbonyl (C=O) groups excluding carboxylic acids is 2. The number of imide groups is 1. The lowest BCUT2D eigenvalue weighted by molar-refractivity contribution is -0.155. The first kappa shape index (κ1) is 16.8. The minimum Gasteiger partial charge on any atom is -0.480 e. The first-order valence-electron chi connectivity index (χ1n) is 7.27. The van der Waals surface area contributed by atoms with E-state index in [1.807, 2.05) is 6.26 Å². The quantitative estimate of drug-likeness (QED) is 0.507. The van der Waals surface area contributed by atoms with Gasteiger partial charge in [-0.25, -0.2) is 4.79 Å². The largest absolute Gasteiger partial charge is 0.480 e. The highest BCUT2D eigenvalue weighted by atomic mass is 79.9. The number of likely N-dealkylation sites (tertiary alicyclic amines) is 1. The van der Waals surface area contributed by atoms with Gasteiger partial charge in [0.1, 0.15) is 6.04 Å². The molecule has 2 amide bonds. The molecule has 1 N–H and O–H groups in total. The van der Waals surface area contributed by atoms with Crippen molar-refractivity contribution in [3.8, 4) is 0 Å². The summed E-state index contributed by atoms with van der Waals surface area (Å²) < 4.78 is 0. The minimum absolute atomic E-state index is 0.121. The summed E-state index contributed by atoms with van der Waals surface area (Å²) in [6.07, 6.45) is 3.04. The predicted molar refractivity (Wildman–Crippen MR) is 90.3 cm³/mol. The number of hydrogen-bond donors (Lipinski definition) is 1. The fraction of sp³-hybridized carbons (Fsp3) is 0.786. The van der Waals surface area contributed by atoms with E-state index in [1.54, 1.807) is 0 Å². The third-order valence-corrected chi connectivity index (χ3v) is 9.06. The average Bonchev–Trinajstić information content (AvgIpc) is 3.06. The Kier molecular flexibility index (Phi) is 4.64. The number of nitrogens with zero attached hydrogens (tertiary/aromatic N) is 1. The van der Waals surface area contributed by atoms with E-state index < -0.39 is 12.0 Å². The summed E-state index contributed by atoms with van der Waals surface area (Å²) in [7, 11) is 0. The first-order chi connectivity index (χ1) is 10.4. The van der Waals surface area contributed by atoms with E-state index in [0.717, 1.165) is 11.3 Å². The van der Waals surface area contributed by atoms with Crippen molar-refractivity contribution in [3.05, 3.63) is 0 Å². The van der Waals surface area contributed by atoms with Gasteiger partial charge in [-0.15, -0.1) is 0 Å². The Balaban J connectivity index is 1.88. The Bertz CT molecular complexity index is 499. The summed E-state index contributed by atoms with van der Waals surface area (Å²) in [4.78, 5) is 38.4. The van der Waals surface area contributed by atoms with Gasteiger partial charge in [-0.1, -0.05) is 31.9 Å². The van der Waals surface area contributed by atoms with Gasteiger partial charge in [0.05, 0.1) is 11.8 Å². The number of carbonyl (C=O) groups is 3. The van der Waals surface area contributed by atoms with E-state index >= 15 is 0 Å². The number of amides is 2. The van der Waals surface area contributed by atoms with E-state index in [9.17, 15) is 19.5 Å². The highest BCUT2D eigenvalue weighted by molar-refractivity contribution is 9.12. The van der Waals surface area contributed by atoms with Crippen LogP contribution >= 0.6 is 43.6 Å². The Labute approximate surface area is 149 Å². The maximum Gasteiger partial charge on any atom is 0.326 e. The summed E-state index contributed by atoms with van der Waals surface area (Å²) in [5.41, 5.74) is 0. The summed E-state index contributed by atoms with van der Waals surface area (Å²) in [6, 6.07) is -1.03. The standard InChI is InChI=1S/C14H17Br2NO4S/c1-22-3-2-7(14(20)21)17-12(18)8-5-4-6(9(8)13(17)19)11(16)10(5)15/h5-11H,2-4H2,1H3,(H,20,21)/t5-,6+,7-,8-,9+,10-,11-/m1/s1. The third kappa shape index (κ3) is 2.28. The molecule has 3 rings (SSSR count). The Hall–Kier alpha value is -0.0800. The van der Waals surface area contributed by atoms with Crippen LogP contribution in [-0.2, 0) is 14.4 Å². The average molecular weight is 455 g/mol. The molecular weight excluding hydrogens is 438 g/mol. The predicted octanol–water partition coefficient (Wildman–Crippen LogP) is 1.97. The maximum atomic E-state index is 12.7. The fourth-order valence-corrected chi connectivity index (χ4v) is 6.60. The second-order valence-electron chi connectivity index (χ2n) is 6.19. The third-order valence-electron chi connectivity index (χ3n) is 5.21. The Morgan fingerprint density at radius 1 is 1.27 bits per heavy atom. The minimum atomic E-state index is -1.09. The molecule has 1 aliphatic heterocycles. The number of halogens is 2. The number of carboxylic acid groups (broad SMARTS) is 1. The lowest BCUT2D eigenvalue weighted by Crippen LogP contribution is -2.46. The molecule has 122 valence electrons. The molecule has 7 atom stereocenters. The zero-order valence-electron chi connectivity index (χ0n) is 11.9. The van der Waals surface area contributed by atoms with Gasteiger partial charge in [0, 0.05) is 9.65 Å². The van der Waals surface area contributed by atoms with Gasteiger partial charge >= 0.3 is 5.97 Å². The zero-order valence-corrected chi connectivity index (χ0v) is 15.9. The molecule has 1 heterocycles. The van der Waals surface area contributed by atoms with Gasteiger partial charge in [0.25, 0.3) is 0 Å². The van der Waals surface area contributed by atoms with E-state index in [2.05, 4.69) is 31.9 Å². The first-order valence-corrected chi connectivity index (χ1v) is 10.5. The van der Waals surface area contributed by atoms with Crippen LogP contribution < -0.4 is 0 Å². The summed E-state index contributed by atoms with van der Waals surface area (Å²) in [5, 5.41) is 9.44. The molecule has 0 aromatic heterocycles. The summed E-state index contributed by atoms with van der Waals surface area (Å²) in [6.45, 7) is 0. The van der Waals surface area contributed by atoms with Crippen molar-refractivity contribution in [2.75, 3.05) is 12.0 Å². The van der Waals surface area contributed by atoms with Crippen molar-refractivity contribution in [1.82, 2.24) is 4.90 Å². The van der Waals surface area contributed by atoms with Crippen molar-refractivity contribution in [2.45, 2.75) is 28.5 Å². The number of aliphatic carboxylic acids is 1. The highest BCUT2D eigenvalue weighted by Crippen LogP contribution is 2.60. The molecule has 2 saturated carbocycles. The number of thioether (sulfide) groups is 1. The monoisotopic (exact) mass is 453 g/mol. The molecule has 0 aromatic carbocycles. The molecule has 0 spiro atoms. The molecule has 3 aliphatic rings. The molecule has 1 saturated heterocycles. The second-order valence-corrected chi connectivity index (χ2v) is 9.29. The van der Waals surface area contributed by atoms with Crippen molar-refractivity contribution in [3.63, 3.8) is 0 Å².